The van der Waals surface area contributed by atoms with Crippen molar-refractivity contribution >= 4 is 22.9 Å². The van der Waals surface area contributed by atoms with E-state index in [1.54, 1.807) is 12.1 Å². The van der Waals surface area contributed by atoms with E-state index in [4.69, 9.17) is 0 Å². The second-order valence-corrected chi connectivity index (χ2v) is 5.92. The highest BCUT2D eigenvalue weighted by Crippen LogP contribution is 2.23. The first-order valence-corrected chi connectivity index (χ1v) is 7.56. The quantitative estimate of drug-likeness (QED) is 0.661. The molecule has 114 valence electrons. The van der Waals surface area contributed by atoms with Crippen molar-refractivity contribution in [2.45, 2.75) is 0 Å². The highest BCUT2D eigenvalue weighted by Gasteiger charge is 2.16. The van der Waals surface area contributed by atoms with Gasteiger partial charge in [-0.25, -0.2) is 8.78 Å². The maximum atomic E-state index is 12.9. The number of benzene rings is 2. The summed E-state index contributed by atoms with van der Waals surface area (Å²) in [6, 6.07) is 13.6. The van der Waals surface area contributed by atoms with E-state index in [1.807, 2.05) is 0 Å². The first-order chi connectivity index (χ1) is 11.0. The third-order valence-electron chi connectivity index (χ3n) is 3.27. The minimum absolute atomic E-state index is 0.270. The van der Waals surface area contributed by atoms with Crippen molar-refractivity contribution in [3.63, 3.8) is 0 Å². The SMILES string of the molecule is O=C(c1ccc(F)cc1)c1ccc(C(=O)c2ccc(F)cc2)s1. The van der Waals surface area contributed by atoms with Gasteiger partial charge in [0.15, 0.2) is 0 Å². The van der Waals surface area contributed by atoms with Crippen LogP contribution < -0.4 is 0 Å². The summed E-state index contributed by atoms with van der Waals surface area (Å²) in [5, 5.41) is 0. The molecule has 5 heteroatoms. The van der Waals surface area contributed by atoms with Gasteiger partial charge in [0.05, 0.1) is 9.75 Å². The largest absolute Gasteiger partial charge is 0.288 e. The number of halogens is 2. The number of ketones is 2. The number of rotatable bonds is 4. The Morgan fingerprint density at radius 2 is 0.957 bits per heavy atom. The maximum Gasteiger partial charge on any atom is 0.202 e. The lowest BCUT2D eigenvalue weighted by molar-refractivity contribution is 0.103. The third kappa shape index (κ3) is 3.24. The monoisotopic (exact) mass is 328 g/mol. The van der Waals surface area contributed by atoms with Gasteiger partial charge < -0.3 is 0 Å². The molecule has 1 heterocycles. The molecule has 0 unspecified atom stereocenters. The van der Waals surface area contributed by atoms with Crippen LogP contribution in [0.15, 0.2) is 60.7 Å². The van der Waals surface area contributed by atoms with Crippen LogP contribution in [0, 0.1) is 11.6 Å². The molecule has 1 aromatic heterocycles. The van der Waals surface area contributed by atoms with Gasteiger partial charge >= 0.3 is 0 Å². The summed E-state index contributed by atoms with van der Waals surface area (Å²) in [4.78, 5) is 25.4. The summed E-state index contributed by atoms with van der Waals surface area (Å²) in [5.74, 6) is -1.37. The van der Waals surface area contributed by atoms with Gasteiger partial charge in [0, 0.05) is 11.1 Å². The van der Waals surface area contributed by atoms with Crippen LogP contribution in [0.25, 0.3) is 0 Å². The fourth-order valence-electron chi connectivity index (χ4n) is 2.07. The van der Waals surface area contributed by atoms with Gasteiger partial charge in [-0.3, -0.25) is 9.59 Å². The zero-order valence-electron chi connectivity index (χ0n) is 11.8. The first-order valence-electron chi connectivity index (χ1n) is 6.75. The van der Waals surface area contributed by atoms with Crippen molar-refractivity contribution in [2.24, 2.45) is 0 Å². The Morgan fingerprint density at radius 3 is 1.30 bits per heavy atom. The second-order valence-electron chi connectivity index (χ2n) is 4.84. The van der Waals surface area contributed by atoms with Gasteiger partial charge in [-0.2, -0.15) is 0 Å². The van der Waals surface area contributed by atoms with Gasteiger partial charge in [0.1, 0.15) is 11.6 Å². The maximum absolute atomic E-state index is 12.9. The van der Waals surface area contributed by atoms with Crippen molar-refractivity contribution in [2.75, 3.05) is 0 Å². The molecule has 0 aliphatic carbocycles. The molecular formula is C18H10F2O2S. The number of hydrogen-bond acceptors (Lipinski definition) is 3. The number of hydrogen-bond donors (Lipinski definition) is 0. The Balaban J connectivity index is 1.85. The smallest absolute Gasteiger partial charge is 0.202 e. The van der Waals surface area contributed by atoms with Crippen molar-refractivity contribution in [3.8, 4) is 0 Å². The Hall–Kier alpha value is -2.66. The van der Waals surface area contributed by atoms with Gasteiger partial charge in [-0.1, -0.05) is 0 Å². The van der Waals surface area contributed by atoms with Crippen LogP contribution >= 0.6 is 11.3 Å². The van der Waals surface area contributed by atoms with Crippen molar-refractivity contribution < 1.29 is 18.4 Å². The third-order valence-corrected chi connectivity index (χ3v) is 4.35. The van der Waals surface area contributed by atoms with E-state index in [-0.39, 0.29) is 11.6 Å². The molecule has 0 amide bonds. The molecule has 0 bridgehead atoms. The zero-order valence-corrected chi connectivity index (χ0v) is 12.6. The van der Waals surface area contributed by atoms with Crippen LogP contribution in [-0.2, 0) is 0 Å². The van der Waals surface area contributed by atoms with Crippen LogP contribution in [0.2, 0.25) is 0 Å². The molecular weight excluding hydrogens is 318 g/mol. The van der Waals surface area contributed by atoms with Crippen LogP contribution in [0.3, 0.4) is 0 Å². The van der Waals surface area contributed by atoms with E-state index in [2.05, 4.69) is 0 Å². The average molecular weight is 328 g/mol. The summed E-state index contributed by atoms with van der Waals surface area (Å²) >= 11 is 1.06. The number of carbonyl (C=O) groups is 2. The highest BCUT2D eigenvalue weighted by atomic mass is 32.1. The van der Waals surface area contributed by atoms with Crippen molar-refractivity contribution in [3.05, 3.63) is 93.2 Å². The number of thiophene rings is 1. The summed E-state index contributed by atoms with van der Waals surface area (Å²) in [6.45, 7) is 0. The fourth-order valence-corrected chi connectivity index (χ4v) is 3.00. The van der Waals surface area contributed by atoms with Crippen LogP contribution in [0.1, 0.15) is 30.5 Å². The minimum atomic E-state index is -0.417. The summed E-state index contributed by atoms with van der Waals surface area (Å²) in [5.41, 5.74) is 0.711. The van der Waals surface area contributed by atoms with Gasteiger partial charge in [-0.05, 0) is 60.7 Å². The predicted molar refractivity (Wildman–Crippen MR) is 84.0 cm³/mol. The molecule has 2 aromatic carbocycles. The topological polar surface area (TPSA) is 34.1 Å². The van der Waals surface area contributed by atoms with Gasteiger partial charge in [-0.15, -0.1) is 11.3 Å². The Kier molecular flexibility index (Phi) is 4.12. The Bertz CT molecular complexity index is 793. The average Bonchev–Trinajstić information content (AvgIpc) is 3.05. The Labute approximate surface area is 135 Å². The normalized spacial score (nSPS) is 10.5. The lowest BCUT2D eigenvalue weighted by Gasteiger charge is -1.99. The first kappa shape index (κ1) is 15.2. The molecule has 0 aliphatic heterocycles. The van der Waals surface area contributed by atoms with Gasteiger partial charge in [0.25, 0.3) is 0 Å². The molecule has 0 saturated carbocycles. The molecule has 0 aliphatic rings. The second kappa shape index (κ2) is 6.22. The lowest BCUT2D eigenvalue weighted by atomic mass is 10.1. The van der Waals surface area contributed by atoms with Crippen molar-refractivity contribution in [1.82, 2.24) is 0 Å². The molecule has 0 atom stereocenters. The zero-order chi connectivity index (χ0) is 16.4. The van der Waals surface area contributed by atoms with E-state index in [0.717, 1.165) is 11.3 Å². The summed E-state index contributed by atoms with van der Waals surface area (Å²) in [7, 11) is 0. The van der Waals surface area contributed by atoms with E-state index in [1.165, 1.54) is 48.5 Å². The molecule has 23 heavy (non-hydrogen) atoms. The Morgan fingerprint density at radius 1 is 0.609 bits per heavy atom. The summed E-state index contributed by atoms with van der Waals surface area (Å²) in [6.07, 6.45) is 0. The standard InChI is InChI=1S/C18H10F2O2S/c19-13-5-1-11(2-6-13)17(21)15-9-10-16(23-15)18(22)12-3-7-14(20)8-4-12/h1-10H. The summed E-state index contributed by atoms with van der Waals surface area (Å²) < 4.78 is 25.8. The molecule has 3 rings (SSSR count). The molecule has 0 fully saturated rings. The predicted octanol–water partition coefficient (Wildman–Crippen LogP) is 4.49. The minimum Gasteiger partial charge on any atom is -0.288 e. The van der Waals surface area contributed by atoms with Crippen LogP contribution in [-0.4, -0.2) is 11.6 Å². The molecule has 0 radical (unpaired) electrons. The molecule has 0 saturated heterocycles. The van der Waals surface area contributed by atoms with Gasteiger partial charge in [0.2, 0.25) is 11.6 Å². The van der Waals surface area contributed by atoms with E-state index in [0.29, 0.717) is 20.9 Å². The molecule has 0 spiro atoms. The van der Waals surface area contributed by atoms with E-state index < -0.39 is 11.6 Å². The molecule has 0 N–H and O–H groups in total. The van der Waals surface area contributed by atoms with Crippen LogP contribution in [0.4, 0.5) is 8.78 Å². The molecule has 2 nitrogen and oxygen atoms in total. The fraction of sp³-hybridized carbons (Fsp3) is 0. The van der Waals surface area contributed by atoms with E-state index >= 15 is 0 Å². The van der Waals surface area contributed by atoms with Crippen LogP contribution in [0.5, 0.6) is 0 Å². The van der Waals surface area contributed by atoms with Crippen molar-refractivity contribution in [1.29, 1.82) is 0 Å². The van der Waals surface area contributed by atoms with E-state index in [9.17, 15) is 18.4 Å². The number of carbonyl (C=O) groups excluding carboxylic acids is 2. The lowest BCUT2D eigenvalue weighted by Crippen LogP contribution is -1.99. The highest BCUT2D eigenvalue weighted by molar-refractivity contribution is 7.16. The molecule has 3 aromatic rings.